The molecule has 1 fully saturated rings. The van der Waals surface area contributed by atoms with Crippen molar-refractivity contribution in [3.63, 3.8) is 0 Å². The Balaban J connectivity index is 0.00000261. The summed E-state index contributed by atoms with van der Waals surface area (Å²) in [6.07, 6.45) is 0. The highest BCUT2D eigenvalue weighted by atomic mass is 35.5. The van der Waals surface area contributed by atoms with Crippen molar-refractivity contribution in [2.24, 2.45) is 5.92 Å². The number of carbonyl (C=O) groups excluding carboxylic acids is 1. The Morgan fingerprint density at radius 2 is 1.96 bits per heavy atom. The van der Waals surface area contributed by atoms with E-state index in [0.717, 1.165) is 18.7 Å². The van der Waals surface area contributed by atoms with Gasteiger partial charge >= 0.3 is 0 Å². The maximum Gasteiger partial charge on any atom is 0.251 e. The van der Waals surface area contributed by atoms with Gasteiger partial charge in [0, 0.05) is 46.7 Å². The lowest BCUT2D eigenvalue weighted by Crippen LogP contribution is -2.48. The van der Waals surface area contributed by atoms with E-state index in [1.165, 1.54) is 0 Å². The molecular weight excluding hydrogens is 411 g/mol. The zero-order valence-electron chi connectivity index (χ0n) is 14.8. The first-order valence-corrected chi connectivity index (χ1v) is 9.06. The third-order valence-corrected chi connectivity index (χ3v) is 4.83. The number of ether oxygens (including phenoxy) is 2. The summed E-state index contributed by atoms with van der Waals surface area (Å²) in [7, 11) is 1.54. The summed E-state index contributed by atoms with van der Waals surface area (Å²) in [6.45, 7) is 2.83. The molecule has 1 aliphatic heterocycles. The molecule has 0 unspecified atom stereocenters. The van der Waals surface area contributed by atoms with Crippen molar-refractivity contribution in [1.29, 1.82) is 0 Å². The molecule has 0 aliphatic carbocycles. The average Bonchev–Trinajstić information content (AvgIpc) is 2.59. The van der Waals surface area contributed by atoms with E-state index in [9.17, 15) is 4.79 Å². The lowest BCUT2D eigenvalue weighted by atomic mass is 10.0. The van der Waals surface area contributed by atoms with Crippen LogP contribution in [0.25, 0.3) is 0 Å². The molecule has 146 valence electrons. The molecule has 0 radical (unpaired) electrons. The molecule has 5 nitrogen and oxygen atoms in total. The van der Waals surface area contributed by atoms with E-state index in [1.807, 2.05) is 6.07 Å². The summed E-state index contributed by atoms with van der Waals surface area (Å²) in [5, 5.41) is 7.23. The summed E-state index contributed by atoms with van der Waals surface area (Å²) < 4.78 is 11.2. The lowest BCUT2D eigenvalue weighted by Gasteiger charge is -2.27. The third kappa shape index (κ3) is 5.66. The number of nitrogens with one attached hydrogen (secondary N) is 2. The average molecular weight is 432 g/mol. The Bertz CT molecular complexity index is 798. The monoisotopic (exact) mass is 430 g/mol. The SMILES string of the molecule is COc1cc(C(=O)NCC2CNC2)ccc1OCc1ccc(Cl)cc1Cl.Cl. The molecule has 0 bridgehead atoms. The van der Waals surface area contributed by atoms with Crippen LogP contribution in [0, 0.1) is 5.92 Å². The number of rotatable bonds is 7. The number of benzene rings is 2. The Hall–Kier alpha value is -1.66. The fourth-order valence-corrected chi connectivity index (χ4v) is 3.02. The molecule has 8 heteroatoms. The topological polar surface area (TPSA) is 59.6 Å². The minimum Gasteiger partial charge on any atom is -0.493 e. The molecule has 1 heterocycles. The molecular formula is C19H21Cl3N2O3. The summed E-state index contributed by atoms with van der Waals surface area (Å²) in [4.78, 5) is 12.3. The molecule has 27 heavy (non-hydrogen) atoms. The highest BCUT2D eigenvalue weighted by molar-refractivity contribution is 6.35. The second-order valence-electron chi connectivity index (χ2n) is 6.12. The van der Waals surface area contributed by atoms with Crippen LogP contribution in [-0.4, -0.2) is 32.7 Å². The molecule has 0 atom stereocenters. The van der Waals surface area contributed by atoms with Crippen molar-refractivity contribution >= 4 is 41.5 Å². The molecule has 2 aromatic carbocycles. The van der Waals surface area contributed by atoms with Crippen LogP contribution in [-0.2, 0) is 6.61 Å². The van der Waals surface area contributed by atoms with Gasteiger partial charge in [0.25, 0.3) is 5.91 Å². The van der Waals surface area contributed by atoms with Crippen LogP contribution >= 0.6 is 35.6 Å². The van der Waals surface area contributed by atoms with Gasteiger partial charge in [0.2, 0.25) is 0 Å². The van der Waals surface area contributed by atoms with Gasteiger partial charge in [-0.1, -0.05) is 29.3 Å². The van der Waals surface area contributed by atoms with Crippen molar-refractivity contribution in [1.82, 2.24) is 10.6 Å². The normalized spacial score (nSPS) is 13.3. The van der Waals surface area contributed by atoms with Crippen molar-refractivity contribution in [2.75, 3.05) is 26.7 Å². The van der Waals surface area contributed by atoms with E-state index in [0.29, 0.717) is 39.6 Å². The smallest absolute Gasteiger partial charge is 0.251 e. The minimum absolute atomic E-state index is 0. The first-order valence-electron chi connectivity index (χ1n) is 8.30. The van der Waals surface area contributed by atoms with Gasteiger partial charge in [0.05, 0.1) is 7.11 Å². The molecule has 3 rings (SSSR count). The molecule has 0 spiro atoms. The number of hydrogen-bond donors (Lipinski definition) is 2. The molecule has 2 aromatic rings. The predicted molar refractivity (Wildman–Crippen MR) is 110 cm³/mol. The molecule has 2 N–H and O–H groups in total. The standard InChI is InChI=1S/C19H20Cl2N2O3.ClH/c1-25-18-6-13(19(24)23-10-12-8-22-9-12)3-5-17(18)26-11-14-2-4-15(20)7-16(14)21;/h2-7,12,22H,8-11H2,1H3,(H,23,24);1H. The molecule has 1 aliphatic rings. The third-order valence-electron chi connectivity index (χ3n) is 4.24. The highest BCUT2D eigenvalue weighted by Crippen LogP contribution is 2.30. The number of methoxy groups -OCH3 is 1. The maximum atomic E-state index is 12.3. The van der Waals surface area contributed by atoms with Crippen molar-refractivity contribution < 1.29 is 14.3 Å². The van der Waals surface area contributed by atoms with Crippen LogP contribution in [0.15, 0.2) is 36.4 Å². The maximum absolute atomic E-state index is 12.3. The Morgan fingerprint density at radius 1 is 1.19 bits per heavy atom. The molecule has 0 saturated carbocycles. The Kier molecular flexibility index (Phi) is 8.05. The fourth-order valence-electron chi connectivity index (χ4n) is 2.55. The Morgan fingerprint density at radius 3 is 2.59 bits per heavy atom. The van der Waals surface area contributed by atoms with Gasteiger partial charge in [0.1, 0.15) is 6.61 Å². The van der Waals surface area contributed by atoms with Gasteiger partial charge < -0.3 is 20.1 Å². The highest BCUT2D eigenvalue weighted by Gasteiger charge is 2.18. The van der Waals surface area contributed by atoms with E-state index in [1.54, 1.807) is 37.4 Å². The largest absolute Gasteiger partial charge is 0.493 e. The number of halogens is 3. The molecule has 1 amide bonds. The first kappa shape index (κ1) is 21.6. The van der Waals surface area contributed by atoms with E-state index in [2.05, 4.69) is 10.6 Å². The fraction of sp³-hybridized carbons (Fsp3) is 0.316. The number of carbonyl (C=O) groups is 1. The number of amides is 1. The van der Waals surface area contributed by atoms with Crippen molar-refractivity contribution in [2.45, 2.75) is 6.61 Å². The summed E-state index contributed by atoms with van der Waals surface area (Å²) in [6, 6.07) is 10.4. The van der Waals surface area contributed by atoms with Gasteiger partial charge in [0.15, 0.2) is 11.5 Å². The zero-order valence-corrected chi connectivity index (χ0v) is 17.1. The van der Waals surface area contributed by atoms with Gasteiger partial charge in [-0.3, -0.25) is 4.79 Å². The van der Waals surface area contributed by atoms with Gasteiger partial charge in [-0.05, 0) is 30.3 Å². The van der Waals surface area contributed by atoms with Crippen LogP contribution in [0.4, 0.5) is 0 Å². The number of hydrogen-bond acceptors (Lipinski definition) is 4. The predicted octanol–water partition coefficient (Wildman–Crippen LogP) is 3.95. The summed E-state index contributed by atoms with van der Waals surface area (Å²) in [5.41, 5.74) is 1.35. The van der Waals surface area contributed by atoms with Crippen LogP contribution < -0.4 is 20.1 Å². The quantitative estimate of drug-likeness (QED) is 0.697. The zero-order chi connectivity index (χ0) is 18.5. The van der Waals surface area contributed by atoms with Gasteiger partial charge in [-0.15, -0.1) is 12.4 Å². The summed E-state index contributed by atoms with van der Waals surface area (Å²) >= 11 is 12.1. The van der Waals surface area contributed by atoms with Crippen LogP contribution in [0.5, 0.6) is 11.5 Å². The Labute approximate surface area is 174 Å². The first-order chi connectivity index (χ1) is 12.6. The van der Waals surface area contributed by atoms with Crippen molar-refractivity contribution in [3.8, 4) is 11.5 Å². The minimum atomic E-state index is -0.123. The summed E-state index contributed by atoms with van der Waals surface area (Å²) in [5.74, 6) is 1.42. The van der Waals surface area contributed by atoms with E-state index < -0.39 is 0 Å². The van der Waals surface area contributed by atoms with Crippen LogP contribution in [0.3, 0.4) is 0 Å². The van der Waals surface area contributed by atoms with Gasteiger partial charge in [-0.2, -0.15) is 0 Å². The van der Waals surface area contributed by atoms with E-state index in [-0.39, 0.29) is 24.9 Å². The second kappa shape index (κ2) is 10.0. The van der Waals surface area contributed by atoms with Crippen LogP contribution in [0.2, 0.25) is 10.0 Å². The van der Waals surface area contributed by atoms with E-state index >= 15 is 0 Å². The van der Waals surface area contributed by atoms with Gasteiger partial charge in [-0.25, -0.2) is 0 Å². The molecule has 1 saturated heterocycles. The molecule has 0 aromatic heterocycles. The van der Waals surface area contributed by atoms with Crippen molar-refractivity contribution in [3.05, 3.63) is 57.6 Å². The second-order valence-corrected chi connectivity index (χ2v) is 6.97. The van der Waals surface area contributed by atoms with E-state index in [4.69, 9.17) is 32.7 Å². The lowest BCUT2D eigenvalue weighted by molar-refractivity contribution is 0.0942. The van der Waals surface area contributed by atoms with Crippen LogP contribution in [0.1, 0.15) is 15.9 Å².